The highest BCUT2D eigenvalue weighted by molar-refractivity contribution is 6.30. The van der Waals surface area contributed by atoms with Crippen LogP contribution in [0.25, 0.3) is 0 Å². The van der Waals surface area contributed by atoms with Crippen molar-refractivity contribution in [1.82, 2.24) is 14.8 Å². The number of fused-ring (bicyclic) bond motifs is 1. The van der Waals surface area contributed by atoms with E-state index in [4.69, 9.17) is 11.6 Å². The molecule has 0 atom stereocenters. The van der Waals surface area contributed by atoms with Crippen LogP contribution in [0.4, 0.5) is 5.82 Å². The van der Waals surface area contributed by atoms with Crippen molar-refractivity contribution in [2.24, 2.45) is 0 Å². The Labute approximate surface area is 160 Å². The Morgan fingerprint density at radius 2 is 2.04 bits per heavy atom. The molecule has 2 heterocycles. The molecule has 0 unspecified atom stereocenters. The van der Waals surface area contributed by atoms with Crippen LogP contribution in [0.1, 0.15) is 22.3 Å². The van der Waals surface area contributed by atoms with Crippen molar-refractivity contribution in [2.75, 3.05) is 39.0 Å². The van der Waals surface area contributed by atoms with Crippen molar-refractivity contribution in [3.63, 3.8) is 0 Å². The fraction of sp³-hybridized carbons (Fsp3) is 0.400. The fourth-order valence-electron chi connectivity index (χ4n) is 3.29. The second kappa shape index (κ2) is 8.50. The molecule has 1 N–H and O–H groups in total. The summed E-state index contributed by atoms with van der Waals surface area (Å²) < 4.78 is 0. The van der Waals surface area contributed by atoms with Gasteiger partial charge >= 0.3 is 0 Å². The molecule has 0 radical (unpaired) electrons. The highest BCUT2D eigenvalue weighted by Gasteiger charge is 2.25. The van der Waals surface area contributed by atoms with Gasteiger partial charge in [-0.25, -0.2) is 4.98 Å². The Hall–Kier alpha value is -2.13. The Balaban J connectivity index is 1.84. The van der Waals surface area contributed by atoms with Crippen molar-refractivity contribution >= 4 is 17.4 Å². The number of nitrogens with one attached hydrogen (secondary N) is 1. The van der Waals surface area contributed by atoms with Gasteiger partial charge in [0.05, 0.1) is 5.56 Å². The van der Waals surface area contributed by atoms with Gasteiger partial charge in [0.15, 0.2) is 0 Å². The number of likely N-dealkylation sites (N-methyl/N-ethyl adjacent to an activating group) is 1. The quantitative estimate of drug-likeness (QED) is 0.793. The van der Waals surface area contributed by atoms with Crippen molar-refractivity contribution in [3.05, 3.63) is 57.7 Å². The first-order valence-corrected chi connectivity index (χ1v) is 9.22. The van der Waals surface area contributed by atoms with E-state index >= 15 is 0 Å². The zero-order valence-corrected chi connectivity index (χ0v) is 16.1. The Kier molecular flexibility index (Phi) is 6.10. The normalized spacial score (nSPS) is 14.1. The van der Waals surface area contributed by atoms with Gasteiger partial charge in [-0.1, -0.05) is 41.9 Å². The van der Waals surface area contributed by atoms with Gasteiger partial charge < -0.3 is 10.2 Å². The predicted octanol–water partition coefficient (Wildman–Crippen LogP) is 3.14. The summed E-state index contributed by atoms with van der Waals surface area (Å²) in [4.78, 5) is 8.99. The summed E-state index contributed by atoms with van der Waals surface area (Å²) >= 11 is 6.28. The molecule has 1 aromatic carbocycles. The first kappa shape index (κ1) is 18.7. The number of hydrogen-bond acceptors (Lipinski definition) is 5. The van der Waals surface area contributed by atoms with Crippen LogP contribution in [-0.2, 0) is 19.5 Å². The predicted molar refractivity (Wildman–Crippen MR) is 105 cm³/mol. The lowest BCUT2D eigenvalue weighted by Crippen LogP contribution is -2.32. The number of nitriles is 1. The minimum absolute atomic E-state index is 0.301. The summed E-state index contributed by atoms with van der Waals surface area (Å²) in [5, 5.41) is 13.2. The van der Waals surface area contributed by atoms with E-state index in [0.717, 1.165) is 56.1 Å². The van der Waals surface area contributed by atoms with Crippen LogP contribution in [0.2, 0.25) is 5.15 Å². The number of anilines is 1. The third-order valence-corrected chi connectivity index (χ3v) is 4.91. The lowest BCUT2D eigenvalue weighted by atomic mass is 9.96. The zero-order chi connectivity index (χ0) is 18.5. The van der Waals surface area contributed by atoms with E-state index in [0.29, 0.717) is 10.7 Å². The molecular formula is C20H24ClN5. The molecule has 26 heavy (non-hydrogen) atoms. The second-order valence-corrected chi connectivity index (χ2v) is 7.23. The van der Waals surface area contributed by atoms with Crippen LogP contribution in [0.3, 0.4) is 0 Å². The highest BCUT2D eigenvalue weighted by atomic mass is 35.5. The monoisotopic (exact) mass is 369 g/mol. The van der Waals surface area contributed by atoms with Gasteiger partial charge in [0.25, 0.3) is 0 Å². The SMILES string of the molecule is CN(C)CCNc1nc(Cl)c(C#N)c2c1CN(Cc1ccccc1)CC2. The average Bonchev–Trinajstić information content (AvgIpc) is 2.63. The molecule has 2 aromatic rings. The van der Waals surface area contributed by atoms with E-state index in [2.05, 4.69) is 50.4 Å². The number of pyridine rings is 1. The molecule has 3 rings (SSSR count). The number of nitrogens with zero attached hydrogens (tertiary/aromatic N) is 4. The van der Waals surface area contributed by atoms with Crippen LogP contribution < -0.4 is 5.32 Å². The molecule has 6 heteroatoms. The summed E-state index contributed by atoms with van der Waals surface area (Å²) in [6.45, 7) is 4.26. The van der Waals surface area contributed by atoms with E-state index in [9.17, 15) is 5.26 Å². The Bertz CT molecular complexity index is 798. The van der Waals surface area contributed by atoms with E-state index < -0.39 is 0 Å². The molecule has 0 fully saturated rings. The average molecular weight is 370 g/mol. The Morgan fingerprint density at radius 1 is 1.27 bits per heavy atom. The van der Waals surface area contributed by atoms with Crippen LogP contribution >= 0.6 is 11.6 Å². The second-order valence-electron chi connectivity index (χ2n) is 6.87. The summed E-state index contributed by atoms with van der Waals surface area (Å²) in [7, 11) is 4.08. The van der Waals surface area contributed by atoms with E-state index in [-0.39, 0.29) is 0 Å². The number of halogens is 1. The van der Waals surface area contributed by atoms with Gasteiger partial charge in [0.2, 0.25) is 0 Å². The molecule has 0 saturated heterocycles. The molecule has 5 nitrogen and oxygen atoms in total. The standard InChI is InChI=1S/C20H24ClN5/c1-25(2)11-9-23-20-18-14-26(13-15-6-4-3-5-7-15)10-8-16(18)17(12-22)19(21)24-20/h3-7H,8-11,13-14H2,1-2H3,(H,23,24). The van der Waals surface area contributed by atoms with Gasteiger partial charge in [-0.2, -0.15) is 5.26 Å². The third kappa shape index (κ3) is 4.34. The van der Waals surface area contributed by atoms with Crippen molar-refractivity contribution in [2.45, 2.75) is 19.5 Å². The summed E-state index contributed by atoms with van der Waals surface area (Å²) in [5.41, 5.74) is 3.97. The van der Waals surface area contributed by atoms with Gasteiger partial charge in [-0.3, -0.25) is 4.90 Å². The summed E-state index contributed by atoms with van der Waals surface area (Å²) in [5.74, 6) is 0.809. The minimum atomic E-state index is 0.301. The van der Waals surface area contributed by atoms with Crippen LogP contribution in [0.15, 0.2) is 30.3 Å². The van der Waals surface area contributed by atoms with Crippen molar-refractivity contribution in [1.29, 1.82) is 5.26 Å². The molecule has 0 saturated carbocycles. The minimum Gasteiger partial charge on any atom is -0.368 e. The van der Waals surface area contributed by atoms with E-state index in [1.165, 1.54) is 5.56 Å². The van der Waals surface area contributed by atoms with Gasteiger partial charge in [0, 0.05) is 38.3 Å². The van der Waals surface area contributed by atoms with Crippen molar-refractivity contribution in [3.8, 4) is 6.07 Å². The number of rotatable bonds is 6. The molecule has 0 amide bonds. The zero-order valence-electron chi connectivity index (χ0n) is 15.3. The van der Waals surface area contributed by atoms with Crippen LogP contribution in [-0.4, -0.2) is 48.5 Å². The largest absolute Gasteiger partial charge is 0.368 e. The molecule has 0 aliphatic carbocycles. The van der Waals surface area contributed by atoms with Crippen molar-refractivity contribution < 1.29 is 0 Å². The first-order valence-electron chi connectivity index (χ1n) is 8.84. The maximum absolute atomic E-state index is 9.50. The van der Waals surface area contributed by atoms with E-state index in [1.807, 2.05) is 20.2 Å². The smallest absolute Gasteiger partial charge is 0.149 e. The third-order valence-electron chi connectivity index (χ3n) is 4.64. The van der Waals surface area contributed by atoms with Gasteiger partial charge in [-0.05, 0) is 31.6 Å². The Morgan fingerprint density at radius 3 is 2.73 bits per heavy atom. The molecule has 0 spiro atoms. The molecule has 0 bridgehead atoms. The molecular weight excluding hydrogens is 346 g/mol. The van der Waals surface area contributed by atoms with Crippen LogP contribution in [0, 0.1) is 11.3 Å². The molecule has 1 aliphatic heterocycles. The fourth-order valence-corrected chi connectivity index (χ4v) is 3.53. The topological polar surface area (TPSA) is 55.2 Å². The van der Waals surface area contributed by atoms with Gasteiger partial charge in [-0.15, -0.1) is 0 Å². The molecule has 136 valence electrons. The highest BCUT2D eigenvalue weighted by Crippen LogP contribution is 2.32. The molecule has 1 aromatic heterocycles. The summed E-state index contributed by atoms with van der Waals surface area (Å²) in [6, 6.07) is 12.7. The maximum Gasteiger partial charge on any atom is 0.149 e. The first-order chi connectivity index (χ1) is 12.6. The summed E-state index contributed by atoms with van der Waals surface area (Å²) in [6.07, 6.45) is 0.815. The maximum atomic E-state index is 9.50. The number of benzene rings is 1. The number of hydrogen-bond donors (Lipinski definition) is 1. The lowest BCUT2D eigenvalue weighted by Gasteiger charge is -2.31. The lowest BCUT2D eigenvalue weighted by molar-refractivity contribution is 0.245. The number of aromatic nitrogens is 1. The molecule has 1 aliphatic rings. The van der Waals surface area contributed by atoms with Gasteiger partial charge in [0.1, 0.15) is 17.0 Å². The van der Waals surface area contributed by atoms with E-state index in [1.54, 1.807) is 0 Å². The van der Waals surface area contributed by atoms with Crippen LogP contribution in [0.5, 0.6) is 0 Å².